The third kappa shape index (κ3) is 4.93. The van der Waals surface area contributed by atoms with Gasteiger partial charge in [-0.3, -0.25) is 9.48 Å². The number of aromatic nitrogens is 2. The highest BCUT2D eigenvalue weighted by molar-refractivity contribution is 7.80. The summed E-state index contributed by atoms with van der Waals surface area (Å²) in [5.74, 6) is 0.0512. The van der Waals surface area contributed by atoms with E-state index >= 15 is 0 Å². The predicted octanol–water partition coefficient (Wildman–Crippen LogP) is 2.54. The zero-order valence-corrected chi connectivity index (χ0v) is 13.4. The third-order valence-corrected chi connectivity index (χ3v) is 3.57. The van der Waals surface area contributed by atoms with Crippen LogP contribution in [0.25, 0.3) is 0 Å². The maximum Gasteiger partial charge on any atom is 0.224 e. The minimum Gasteiger partial charge on any atom is -0.356 e. The van der Waals surface area contributed by atoms with Crippen LogP contribution in [0.5, 0.6) is 0 Å². The number of carbonyl (C=O) groups excluding carboxylic acids is 1. The summed E-state index contributed by atoms with van der Waals surface area (Å²) in [7, 11) is 0. The van der Waals surface area contributed by atoms with Gasteiger partial charge in [-0.15, -0.1) is 12.6 Å². The number of amides is 1. The van der Waals surface area contributed by atoms with Gasteiger partial charge in [0.1, 0.15) is 0 Å². The molecule has 0 unspecified atom stereocenters. The van der Waals surface area contributed by atoms with Gasteiger partial charge in [0.15, 0.2) is 0 Å². The summed E-state index contributed by atoms with van der Waals surface area (Å²) in [5, 5.41) is 7.34. The van der Waals surface area contributed by atoms with Crippen LogP contribution >= 0.6 is 12.6 Å². The second kappa shape index (κ2) is 7.31. The number of benzene rings is 1. The normalized spacial score (nSPS) is 10.6. The Morgan fingerprint density at radius 2 is 2.00 bits per heavy atom. The molecule has 1 N–H and O–H groups in total. The molecule has 2 aromatic rings. The van der Waals surface area contributed by atoms with Crippen molar-refractivity contribution in [1.82, 2.24) is 15.1 Å². The lowest BCUT2D eigenvalue weighted by atomic mass is 10.1. The Labute approximate surface area is 131 Å². The molecular formula is C16H21N3OS. The molecule has 21 heavy (non-hydrogen) atoms. The van der Waals surface area contributed by atoms with E-state index in [1.165, 1.54) is 0 Å². The van der Waals surface area contributed by atoms with Crippen molar-refractivity contribution >= 4 is 18.5 Å². The summed E-state index contributed by atoms with van der Waals surface area (Å²) in [6.45, 7) is 5.53. The molecule has 4 nitrogen and oxygen atoms in total. The summed E-state index contributed by atoms with van der Waals surface area (Å²) in [4.78, 5) is 12.7. The zero-order chi connectivity index (χ0) is 15.2. The lowest BCUT2D eigenvalue weighted by Crippen LogP contribution is -2.27. The monoisotopic (exact) mass is 303 g/mol. The molecule has 1 heterocycles. The van der Waals surface area contributed by atoms with Crippen molar-refractivity contribution in [2.24, 2.45) is 0 Å². The van der Waals surface area contributed by atoms with Gasteiger partial charge in [-0.1, -0.05) is 12.1 Å². The first-order chi connectivity index (χ1) is 10.0. The number of aryl methyl sites for hydroxylation is 3. The van der Waals surface area contributed by atoms with E-state index in [2.05, 4.69) is 29.1 Å². The second-order valence-corrected chi connectivity index (χ2v) is 5.71. The van der Waals surface area contributed by atoms with Gasteiger partial charge >= 0.3 is 0 Å². The van der Waals surface area contributed by atoms with Gasteiger partial charge in [-0.25, -0.2) is 0 Å². The number of nitrogens with zero attached hydrogens (tertiary/aromatic N) is 2. The Bertz CT molecular complexity index is 604. The van der Waals surface area contributed by atoms with Gasteiger partial charge in [0.05, 0.1) is 12.1 Å². The topological polar surface area (TPSA) is 46.9 Å². The summed E-state index contributed by atoms with van der Waals surface area (Å²) < 4.78 is 1.98. The largest absolute Gasteiger partial charge is 0.356 e. The summed E-state index contributed by atoms with van der Waals surface area (Å²) in [6.07, 6.45) is 1.29. The Kier molecular flexibility index (Phi) is 5.44. The maximum absolute atomic E-state index is 11.8. The number of hydrogen-bond acceptors (Lipinski definition) is 3. The van der Waals surface area contributed by atoms with E-state index in [-0.39, 0.29) is 5.91 Å². The van der Waals surface area contributed by atoms with Crippen LogP contribution in [0.2, 0.25) is 0 Å². The van der Waals surface area contributed by atoms with Crippen LogP contribution in [0.1, 0.15) is 23.4 Å². The number of rotatable bonds is 6. The van der Waals surface area contributed by atoms with Gasteiger partial charge in [-0.2, -0.15) is 5.10 Å². The van der Waals surface area contributed by atoms with E-state index in [1.807, 2.05) is 42.8 Å². The predicted molar refractivity (Wildman–Crippen MR) is 86.7 cm³/mol. The first kappa shape index (κ1) is 15.6. The number of thiol groups is 1. The van der Waals surface area contributed by atoms with Gasteiger partial charge in [0.2, 0.25) is 5.91 Å². The SMILES string of the molecule is Cc1cc(C)n(CCCNC(=O)Cc2ccc(S)cc2)n1. The van der Waals surface area contributed by atoms with Gasteiger partial charge in [0, 0.05) is 23.7 Å². The second-order valence-electron chi connectivity index (χ2n) is 5.20. The number of hydrogen-bond donors (Lipinski definition) is 2. The molecule has 1 aromatic heterocycles. The smallest absolute Gasteiger partial charge is 0.224 e. The van der Waals surface area contributed by atoms with E-state index in [4.69, 9.17) is 0 Å². The van der Waals surface area contributed by atoms with Crippen molar-refractivity contribution in [2.45, 2.75) is 38.1 Å². The average Bonchev–Trinajstić information content (AvgIpc) is 2.76. The quantitative estimate of drug-likeness (QED) is 0.636. The molecule has 0 aliphatic carbocycles. The van der Waals surface area contributed by atoms with Gasteiger partial charge in [-0.05, 0) is 44.0 Å². The van der Waals surface area contributed by atoms with Crippen molar-refractivity contribution in [3.05, 3.63) is 47.3 Å². The number of carbonyl (C=O) groups is 1. The molecule has 112 valence electrons. The standard InChI is InChI=1S/C16H21N3OS/c1-12-10-13(2)19(18-12)9-3-8-17-16(20)11-14-4-6-15(21)7-5-14/h4-7,10,21H,3,8-9,11H2,1-2H3,(H,17,20). The Morgan fingerprint density at radius 1 is 1.29 bits per heavy atom. The van der Waals surface area contributed by atoms with E-state index in [0.717, 1.165) is 34.8 Å². The fourth-order valence-corrected chi connectivity index (χ4v) is 2.37. The van der Waals surface area contributed by atoms with Crippen LogP contribution in [0.3, 0.4) is 0 Å². The minimum absolute atomic E-state index is 0.0512. The van der Waals surface area contributed by atoms with Crippen molar-refractivity contribution in [1.29, 1.82) is 0 Å². The molecule has 0 radical (unpaired) electrons. The molecule has 0 aliphatic heterocycles. The maximum atomic E-state index is 11.8. The molecule has 0 atom stereocenters. The molecule has 0 saturated carbocycles. The van der Waals surface area contributed by atoms with Crippen molar-refractivity contribution < 1.29 is 4.79 Å². The fourth-order valence-electron chi connectivity index (χ4n) is 2.22. The summed E-state index contributed by atoms with van der Waals surface area (Å²) >= 11 is 4.23. The van der Waals surface area contributed by atoms with E-state index in [0.29, 0.717) is 13.0 Å². The molecule has 0 fully saturated rings. The Balaban J connectivity index is 1.70. The van der Waals surface area contributed by atoms with Crippen LogP contribution in [0, 0.1) is 13.8 Å². The molecule has 0 saturated heterocycles. The first-order valence-corrected chi connectivity index (χ1v) is 7.55. The van der Waals surface area contributed by atoms with E-state index < -0.39 is 0 Å². The molecule has 1 amide bonds. The highest BCUT2D eigenvalue weighted by Crippen LogP contribution is 2.08. The van der Waals surface area contributed by atoms with Crippen molar-refractivity contribution in [3.63, 3.8) is 0 Å². The van der Waals surface area contributed by atoms with Crippen LogP contribution < -0.4 is 5.32 Å². The summed E-state index contributed by atoms with van der Waals surface area (Å²) in [5.41, 5.74) is 3.19. The van der Waals surface area contributed by atoms with E-state index in [9.17, 15) is 4.79 Å². The van der Waals surface area contributed by atoms with Crippen LogP contribution in [-0.4, -0.2) is 22.2 Å². The lowest BCUT2D eigenvalue weighted by molar-refractivity contribution is -0.120. The third-order valence-electron chi connectivity index (χ3n) is 3.27. The number of nitrogens with one attached hydrogen (secondary N) is 1. The molecule has 2 rings (SSSR count). The fraction of sp³-hybridized carbons (Fsp3) is 0.375. The zero-order valence-electron chi connectivity index (χ0n) is 12.5. The molecule has 0 aliphatic rings. The Hall–Kier alpha value is -1.75. The highest BCUT2D eigenvalue weighted by atomic mass is 32.1. The van der Waals surface area contributed by atoms with Crippen LogP contribution in [0.4, 0.5) is 0 Å². The molecular weight excluding hydrogens is 282 g/mol. The molecule has 0 spiro atoms. The Morgan fingerprint density at radius 3 is 2.62 bits per heavy atom. The summed E-state index contributed by atoms with van der Waals surface area (Å²) in [6, 6.07) is 9.71. The van der Waals surface area contributed by atoms with Crippen molar-refractivity contribution in [3.8, 4) is 0 Å². The van der Waals surface area contributed by atoms with Crippen molar-refractivity contribution in [2.75, 3.05) is 6.54 Å². The van der Waals surface area contributed by atoms with Gasteiger partial charge < -0.3 is 5.32 Å². The van der Waals surface area contributed by atoms with Crippen LogP contribution in [-0.2, 0) is 17.8 Å². The van der Waals surface area contributed by atoms with Crippen LogP contribution in [0.15, 0.2) is 35.2 Å². The van der Waals surface area contributed by atoms with E-state index in [1.54, 1.807) is 0 Å². The first-order valence-electron chi connectivity index (χ1n) is 7.10. The molecule has 0 bridgehead atoms. The van der Waals surface area contributed by atoms with Gasteiger partial charge in [0.25, 0.3) is 0 Å². The highest BCUT2D eigenvalue weighted by Gasteiger charge is 2.04. The molecule has 5 heteroatoms. The lowest BCUT2D eigenvalue weighted by Gasteiger charge is -2.07. The average molecular weight is 303 g/mol. The molecule has 1 aromatic carbocycles. The minimum atomic E-state index is 0.0512.